The maximum atomic E-state index is 12.7. The smallest absolute Gasteiger partial charge is 0.228 e. The third-order valence-corrected chi connectivity index (χ3v) is 6.38. The van der Waals surface area contributed by atoms with Gasteiger partial charge in [-0.3, -0.25) is 4.79 Å². The Hall–Kier alpha value is -2.90. The monoisotopic (exact) mass is 484 g/mol. The molecule has 4 rings (SSSR count). The van der Waals surface area contributed by atoms with Crippen LogP contribution >= 0.6 is 23.2 Å². The lowest BCUT2D eigenvalue weighted by Crippen LogP contribution is -2.36. The molecule has 9 heteroatoms. The minimum absolute atomic E-state index is 0.0137. The highest BCUT2D eigenvalue weighted by Crippen LogP contribution is 2.27. The third kappa shape index (κ3) is 6.12. The van der Waals surface area contributed by atoms with Gasteiger partial charge < -0.3 is 16.0 Å². The lowest BCUT2D eigenvalue weighted by Gasteiger charge is -2.28. The highest BCUT2D eigenvalue weighted by molar-refractivity contribution is 6.35. The minimum Gasteiger partial charge on any atom is -0.357 e. The first kappa shape index (κ1) is 23.3. The van der Waals surface area contributed by atoms with E-state index in [1.54, 1.807) is 19.2 Å². The van der Waals surface area contributed by atoms with Gasteiger partial charge in [0, 0.05) is 41.2 Å². The Labute approximate surface area is 203 Å². The molecule has 3 aromatic rings. The average Bonchev–Trinajstić information content (AvgIpc) is 2.84. The molecule has 33 heavy (non-hydrogen) atoms. The van der Waals surface area contributed by atoms with E-state index in [-0.39, 0.29) is 17.9 Å². The van der Waals surface area contributed by atoms with Crippen LogP contribution in [-0.2, 0) is 11.3 Å². The van der Waals surface area contributed by atoms with Crippen LogP contribution in [0.1, 0.15) is 31.2 Å². The summed E-state index contributed by atoms with van der Waals surface area (Å²) in [7, 11) is 1.79. The van der Waals surface area contributed by atoms with Gasteiger partial charge in [0.25, 0.3) is 0 Å². The fourth-order valence-corrected chi connectivity index (χ4v) is 4.42. The molecule has 3 N–H and O–H groups in total. The number of carbonyl (C=O) groups excluding carboxylic acids is 1. The third-order valence-electron chi connectivity index (χ3n) is 5.79. The maximum absolute atomic E-state index is 12.7. The van der Waals surface area contributed by atoms with Gasteiger partial charge in [-0.25, -0.2) is 0 Å². The zero-order valence-electron chi connectivity index (χ0n) is 18.3. The first-order valence-electron chi connectivity index (χ1n) is 11.0. The van der Waals surface area contributed by atoms with Crippen molar-refractivity contribution < 1.29 is 4.79 Å². The Kier molecular flexibility index (Phi) is 7.62. The summed E-state index contributed by atoms with van der Waals surface area (Å²) in [6.07, 6.45) is 3.32. The fourth-order valence-electron chi connectivity index (χ4n) is 3.94. The summed E-state index contributed by atoms with van der Waals surface area (Å²) < 4.78 is 0. The van der Waals surface area contributed by atoms with Crippen LogP contribution in [0.15, 0.2) is 48.5 Å². The molecule has 0 radical (unpaired) electrons. The molecule has 1 heterocycles. The van der Waals surface area contributed by atoms with Crippen molar-refractivity contribution in [1.29, 1.82) is 0 Å². The van der Waals surface area contributed by atoms with Crippen molar-refractivity contribution in [3.05, 3.63) is 64.1 Å². The molecule has 1 aliphatic rings. The van der Waals surface area contributed by atoms with E-state index in [9.17, 15) is 4.79 Å². The van der Waals surface area contributed by atoms with E-state index in [0.29, 0.717) is 34.3 Å². The number of anilines is 2. The normalized spacial score (nSPS) is 17.9. The zero-order chi connectivity index (χ0) is 23.2. The second-order valence-corrected chi connectivity index (χ2v) is 8.91. The van der Waals surface area contributed by atoms with Crippen LogP contribution in [0, 0.1) is 5.92 Å². The van der Waals surface area contributed by atoms with Crippen LogP contribution in [-0.4, -0.2) is 33.9 Å². The van der Waals surface area contributed by atoms with Crippen molar-refractivity contribution in [2.24, 2.45) is 5.92 Å². The molecule has 7 nitrogen and oxygen atoms in total. The molecule has 0 atom stereocenters. The summed E-state index contributed by atoms with van der Waals surface area (Å²) in [6, 6.07) is 15.3. The Bertz CT molecular complexity index is 1100. The topological polar surface area (TPSA) is 91.8 Å². The molecule has 1 saturated carbocycles. The van der Waals surface area contributed by atoms with Gasteiger partial charge in [-0.2, -0.15) is 15.0 Å². The van der Waals surface area contributed by atoms with Crippen LogP contribution in [0.2, 0.25) is 10.0 Å². The molecule has 1 fully saturated rings. The van der Waals surface area contributed by atoms with E-state index in [0.717, 1.165) is 36.8 Å². The molecular formula is C24H26Cl2N6O. The van der Waals surface area contributed by atoms with Crippen LogP contribution in [0.25, 0.3) is 11.4 Å². The highest BCUT2D eigenvalue weighted by atomic mass is 35.5. The van der Waals surface area contributed by atoms with Crippen molar-refractivity contribution >= 4 is 41.0 Å². The van der Waals surface area contributed by atoms with E-state index < -0.39 is 0 Å². The molecule has 1 aliphatic carbocycles. The lowest BCUT2D eigenvalue weighted by molar-refractivity contribution is -0.126. The van der Waals surface area contributed by atoms with E-state index in [1.165, 1.54) is 0 Å². The number of amides is 1. The van der Waals surface area contributed by atoms with Crippen LogP contribution in [0.4, 0.5) is 11.9 Å². The predicted octanol–water partition coefficient (Wildman–Crippen LogP) is 5.17. The maximum Gasteiger partial charge on any atom is 0.228 e. The first-order valence-corrected chi connectivity index (χ1v) is 11.7. The number of hydrogen-bond acceptors (Lipinski definition) is 6. The Morgan fingerprint density at radius 3 is 2.39 bits per heavy atom. The number of benzene rings is 2. The second kappa shape index (κ2) is 10.8. The molecule has 0 bridgehead atoms. The molecule has 1 aromatic heterocycles. The summed E-state index contributed by atoms with van der Waals surface area (Å²) in [5.41, 5.74) is 1.79. The number of nitrogens with one attached hydrogen (secondary N) is 3. The van der Waals surface area contributed by atoms with Crippen molar-refractivity contribution in [2.75, 3.05) is 17.7 Å². The SMILES string of the molecule is CNc1nc(NC2CCC(C(=O)NCc3ccc(Cl)cc3Cl)CC2)nc(-c2ccccc2)n1. The predicted molar refractivity (Wildman–Crippen MR) is 132 cm³/mol. The molecule has 1 amide bonds. The van der Waals surface area contributed by atoms with Gasteiger partial charge in [0.2, 0.25) is 17.8 Å². The molecule has 0 spiro atoms. The van der Waals surface area contributed by atoms with Gasteiger partial charge in [-0.05, 0) is 43.4 Å². The second-order valence-electron chi connectivity index (χ2n) is 8.07. The van der Waals surface area contributed by atoms with Crippen LogP contribution < -0.4 is 16.0 Å². The molecule has 2 aromatic carbocycles. The van der Waals surface area contributed by atoms with Gasteiger partial charge in [0.15, 0.2) is 5.82 Å². The van der Waals surface area contributed by atoms with E-state index in [1.807, 2.05) is 36.4 Å². The van der Waals surface area contributed by atoms with Crippen molar-refractivity contribution in [2.45, 2.75) is 38.3 Å². The van der Waals surface area contributed by atoms with Gasteiger partial charge in [-0.1, -0.05) is 59.6 Å². The van der Waals surface area contributed by atoms with Crippen molar-refractivity contribution in [3.8, 4) is 11.4 Å². The number of halogens is 2. The Balaban J connectivity index is 1.32. The Morgan fingerprint density at radius 1 is 0.970 bits per heavy atom. The zero-order valence-corrected chi connectivity index (χ0v) is 19.8. The van der Waals surface area contributed by atoms with Crippen molar-refractivity contribution in [3.63, 3.8) is 0 Å². The summed E-state index contributed by atoms with van der Waals surface area (Å²) in [5.74, 6) is 1.72. The van der Waals surface area contributed by atoms with Crippen LogP contribution in [0.5, 0.6) is 0 Å². The fraction of sp³-hybridized carbons (Fsp3) is 0.333. The van der Waals surface area contributed by atoms with Gasteiger partial charge in [-0.15, -0.1) is 0 Å². The lowest BCUT2D eigenvalue weighted by atomic mass is 9.85. The largest absolute Gasteiger partial charge is 0.357 e. The van der Waals surface area contributed by atoms with Crippen LogP contribution in [0.3, 0.4) is 0 Å². The molecule has 172 valence electrons. The quantitative estimate of drug-likeness (QED) is 0.428. The molecule has 0 saturated heterocycles. The van der Waals surface area contributed by atoms with E-state index in [2.05, 4.69) is 30.9 Å². The minimum atomic E-state index is -0.0137. The first-order chi connectivity index (χ1) is 16.0. The average molecular weight is 485 g/mol. The van der Waals surface area contributed by atoms with E-state index in [4.69, 9.17) is 23.2 Å². The number of aromatic nitrogens is 3. The summed E-state index contributed by atoms with van der Waals surface area (Å²) in [5, 5.41) is 10.6. The molecular weight excluding hydrogens is 459 g/mol. The molecule has 0 aliphatic heterocycles. The van der Waals surface area contributed by atoms with Gasteiger partial charge >= 0.3 is 0 Å². The number of hydrogen-bond donors (Lipinski definition) is 3. The Morgan fingerprint density at radius 2 is 1.70 bits per heavy atom. The summed E-state index contributed by atoms with van der Waals surface area (Å²) >= 11 is 12.1. The van der Waals surface area contributed by atoms with Crippen molar-refractivity contribution in [1.82, 2.24) is 20.3 Å². The highest BCUT2D eigenvalue weighted by Gasteiger charge is 2.27. The van der Waals surface area contributed by atoms with Gasteiger partial charge in [0.1, 0.15) is 0 Å². The van der Waals surface area contributed by atoms with E-state index >= 15 is 0 Å². The number of carbonyl (C=O) groups is 1. The number of rotatable bonds is 7. The summed E-state index contributed by atoms with van der Waals surface area (Å²) in [6.45, 7) is 0.396. The van der Waals surface area contributed by atoms with Gasteiger partial charge in [0.05, 0.1) is 0 Å². The number of nitrogens with zero attached hydrogens (tertiary/aromatic N) is 3. The molecule has 0 unspecified atom stereocenters. The summed E-state index contributed by atoms with van der Waals surface area (Å²) in [4.78, 5) is 26.2. The standard InChI is InChI=1S/C24H26Cl2N6O/c1-27-23-30-21(15-5-3-2-4-6-15)31-24(32-23)29-19-11-8-16(9-12-19)22(33)28-14-17-7-10-18(25)13-20(17)26/h2-7,10,13,16,19H,8-9,11-12,14H2,1H3,(H,28,33)(H2,27,29,30,31,32).